The zero-order valence-corrected chi connectivity index (χ0v) is 13.9. The number of hydrogen-bond acceptors (Lipinski definition) is 4. The van der Waals surface area contributed by atoms with Gasteiger partial charge in [-0.3, -0.25) is 4.79 Å². The van der Waals surface area contributed by atoms with Crippen molar-refractivity contribution in [1.29, 1.82) is 0 Å². The Hall–Kier alpha value is -2.92. The number of amides is 1. The minimum Gasteiger partial charge on any atom is -0.508 e. The van der Waals surface area contributed by atoms with Crippen molar-refractivity contribution in [2.45, 2.75) is 6.92 Å². The minimum absolute atomic E-state index is 0.192. The van der Waals surface area contributed by atoms with Gasteiger partial charge in [0, 0.05) is 5.56 Å². The van der Waals surface area contributed by atoms with Crippen molar-refractivity contribution in [2.75, 3.05) is 0 Å². The molecule has 3 rings (SSSR count). The Morgan fingerprint density at radius 1 is 1.08 bits per heavy atom. The molecule has 0 aliphatic rings. The van der Waals surface area contributed by atoms with Crippen LogP contribution in [0.5, 0.6) is 5.75 Å². The fourth-order valence-electron chi connectivity index (χ4n) is 2.22. The van der Waals surface area contributed by atoms with E-state index in [1.807, 2.05) is 42.6 Å². The highest BCUT2D eigenvalue weighted by atomic mass is 32.1. The SMILES string of the molecule is Cc1ccc(-c2ccsc2C(=O)N/N=C/c2ccc(O)cc2)cc1. The molecule has 0 fully saturated rings. The lowest BCUT2D eigenvalue weighted by Gasteiger charge is -2.03. The van der Waals surface area contributed by atoms with Crippen LogP contribution in [0.1, 0.15) is 20.8 Å². The van der Waals surface area contributed by atoms with Crippen LogP contribution in [0.4, 0.5) is 0 Å². The van der Waals surface area contributed by atoms with E-state index in [0.717, 1.165) is 16.7 Å². The molecule has 2 N–H and O–H groups in total. The van der Waals surface area contributed by atoms with Gasteiger partial charge in [-0.05, 0) is 53.8 Å². The lowest BCUT2D eigenvalue weighted by atomic mass is 10.1. The van der Waals surface area contributed by atoms with Crippen LogP contribution in [0.3, 0.4) is 0 Å². The summed E-state index contributed by atoms with van der Waals surface area (Å²) in [7, 11) is 0. The Labute approximate surface area is 144 Å². The molecule has 24 heavy (non-hydrogen) atoms. The first kappa shape index (κ1) is 16.0. The second-order valence-electron chi connectivity index (χ2n) is 5.32. The van der Waals surface area contributed by atoms with Gasteiger partial charge >= 0.3 is 0 Å². The van der Waals surface area contributed by atoms with Crippen LogP contribution in [0.2, 0.25) is 0 Å². The van der Waals surface area contributed by atoms with Crippen molar-refractivity contribution >= 4 is 23.5 Å². The average molecular weight is 336 g/mol. The van der Waals surface area contributed by atoms with Crippen LogP contribution < -0.4 is 5.43 Å². The Kier molecular flexibility index (Phi) is 4.72. The van der Waals surface area contributed by atoms with Crippen LogP contribution in [0, 0.1) is 6.92 Å². The van der Waals surface area contributed by atoms with Gasteiger partial charge in [-0.1, -0.05) is 29.8 Å². The first-order chi connectivity index (χ1) is 11.6. The molecule has 5 heteroatoms. The maximum absolute atomic E-state index is 12.4. The Balaban J connectivity index is 1.73. The number of carbonyl (C=O) groups excluding carboxylic acids is 1. The molecular weight excluding hydrogens is 320 g/mol. The van der Waals surface area contributed by atoms with E-state index in [9.17, 15) is 9.90 Å². The summed E-state index contributed by atoms with van der Waals surface area (Å²) in [5, 5.41) is 15.1. The van der Waals surface area contributed by atoms with E-state index in [1.54, 1.807) is 24.3 Å². The third-order valence-corrected chi connectivity index (χ3v) is 4.42. The van der Waals surface area contributed by atoms with Gasteiger partial charge in [-0.2, -0.15) is 5.10 Å². The largest absolute Gasteiger partial charge is 0.508 e. The molecule has 0 unspecified atom stereocenters. The normalized spacial score (nSPS) is 10.9. The number of aryl methyl sites for hydroxylation is 1. The van der Waals surface area contributed by atoms with Gasteiger partial charge in [-0.25, -0.2) is 5.43 Å². The zero-order chi connectivity index (χ0) is 16.9. The second-order valence-corrected chi connectivity index (χ2v) is 6.24. The molecular formula is C19H16N2O2S. The van der Waals surface area contributed by atoms with Crippen molar-refractivity contribution in [2.24, 2.45) is 5.10 Å². The highest BCUT2D eigenvalue weighted by Crippen LogP contribution is 2.28. The van der Waals surface area contributed by atoms with Crippen molar-refractivity contribution in [1.82, 2.24) is 5.43 Å². The van der Waals surface area contributed by atoms with Gasteiger partial charge in [0.05, 0.1) is 6.21 Å². The molecule has 0 aliphatic carbocycles. The highest BCUT2D eigenvalue weighted by molar-refractivity contribution is 7.12. The van der Waals surface area contributed by atoms with E-state index in [1.165, 1.54) is 23.1 Å². The monoisotopic (exact) mass is 336 g/mol. The molecule has 0 spiro atoms. The third-order valence-electron chi connectivity index (χ3n) is 3.51. The third kappa shape index (κ3) is 3.70. The van der Waals surface area contributed by atoms with Crippen LogP contribution >= 0.6 is 11.3 Å². The molecule has 0 saturated carbocycles. The number of rotatable bonds is 4. The summed E-state index contributed by atoms with van der Waals surface area (Å²) in [6.07, 6.45) is 1.54. The van der Waals surface area contributed by atoms with E-state index in [4.69, 9.17) is 0 Å². The number of thiophene rings is 1. The van der Waals surface area contributed by atoms with Crippen molar-refractivity contribution in [3.8, 4) is 16.9 Å². The standard InChI is InChI=1S/C19H16N2O2S/c1-13-2-6-15(7-3-13)17-10-11-24-18(17)19(23)21-20-12-14-4-8-16(22)9-5-14/h2-12,22H,1H3,(H,21,23)/b20-12+. The highest BCUT2D eigenvalue weighted by Gasteiger charge is 2.13. The van der Waals surface area contributed by atoms with Gasteiger partial charge in [0.25, 0.3) is 5.91 Å². The quantitative estimate of drug-likeness (QED) is 0.554. The number of nitrogens with one attached hydrogen (secondary N) is 1. The van der Waals surface area contributed by atoms with E-state index >= 15 is 0 Å². The first-order valence-corrected chi connectivity index (χ1v) is 8.28. The van der Waals surface area contributed by atoms with Crippen molar-refractivity contribution in [3.63, 3.8) is 0 Å². The predicted molar refractivity (Wildman–Crippen MR) is 97.7 cm³/mol. The molecule has 2 aromatic carbocycles. The van der Waals surface area contributed by atoms with Gasteiger partial charge in [0.15, 0.2) is 0 Å². The summed E-state index contributed by atoms with van der Waals surface area (Å²) in [4.78, 5) is 13.0. The Morgan fingerprint density at radius 2 is 1.79 bits per heavy atom. The van der Waals surface area contributed by atoms with Gasteiger partial charge in [-0.15, -0.1) is 11.3 Å². The lowest BCUT2D eigenvalue weighted by molar-refractivity contribution is 0.0960. The number of carbonyl (C=O) groups is 1. The molecule has 0 bridgehead atoms. The smallest absolute Gasteiger partial charge is 0.282 e. The number of phenols is 1. The number of hydrazone groups is 1. The first-order valence-electron chi connectivity index (χ1n) is 7.40. The summed E-state index contributed by atoms with van der Waals surface area (Å²) in [6, 6.07) is 16.6. The molecule has 0 radical (unpaired) electrons. The molecule has 1 heterocycles. The predicted octanol–water partition coefficient (Wildman–Crippen LogP) is 4.19. The number of aromatic hydroxyl groups is 1. The summed E-state index contributed by atoms with van der Waals surface area (Å²) in [6.45, 7) is 2.03. The minimum atomic E-state index is -0.240. The van der Waals surface area contributed by atoms with E-state index in [2.05, 4.69) is 10.5 Å². The van der Waals surface area contributed by atoms with E-state index in [-0.39, 0.29) is 11.7 Å². The number of phenolic OH excluding ortho intramolecular Hbond substituents is 1. The molecule has 0 aliphatic heterocycles. The van der Waals surface area contributed by atoms with Gasteiger partial charge < -0.3 is 5.11 Å². The number of benzene rings is 2. The van der Waals surface area contributed by atoms with Crippen molar-refractivity contribution in [3.05, 3.63) is 76.0 Å². The van der Waals surface area contributed by atoms with Crippen LogP contribution in [0.15, 0.2) is 65.1 Å². The lowest BCUT2D eigenvalue weighted by Crippen LogP contribution is -2.17. The average Bonchev–Trinajstić information content (AvgIpc) is 3.07. The van der Waals surface area contributed by atoms with Gasteiger partial charge in [0.1, 0.15) is 10.6 Å². The van der Waals surface area contributed by atoms with Gasteiger partial charge in [0.2, 0.25) is 0 Å². The molecule has 4 nitrogen and oxygen atoms in total. The topological polar surface area (TPSA) is 61.7 Å². The molecule has 0 atom stereocenters. The molecule has 1 aromatic heterocycles. The Morgan fingerprint density at radius 3 is 2.50 bits per heavy atom. The fourth-order valence-corrected chi connectivity index (χ4v) is 3.03. The van der Waals surface area contributed by atoms with E-state index in [0.29, 0.717) is 4.88 Å². The van der Waals surface area contributed by atoms with E-state index < -0.39 is 0 Å². The maximum atomic E-state index is 12.4. The maximum Gasteiger partial charge on any atom is 0.282 e. The van der Waals surface area contributed by atoms with Crippen molar-refractivity contribution < 1.29 is 9.90 Å². The summed E-state index contributed by atoms with van der Waals surface area (Å²) < 4.78 is 0. The molecule has 0 saturated heterocycles. The number of nitrogens with zero attached hydrogens (tertiary/aromatic N) is 1. The summed E-state index contributed by atoms with van der Waals surface area (Å²) >= 11 is 1.39. The Bertz CT molecular complexity index is 865. The number of hydrogen-bond donors (Lipinski definition) is 2. The second kappa shape index (κ2) is 7.10. The molecule has 120 valence electrons. The summed E-state index contributed by atoms with van der Waals surface area (Å²) in [5.74, 6) is -0.0480. The van der Waals surface area contributed by atoms with Crippen LogP contribution in [-0.4, -0.2) is 17.2 Å². The summed E-state index contributed by atoms with van der Waals surface area (Å²) in [5.41, 5.74) is 6.43. The molecule has 3 aromatic rings. The zero-order valence-electron chi connectivity index (χ0n) is 13.1. The van der Waals surface area contributed by atoms with Crippen LogP contribution in [-0.2, 0) is 0 Å². The van der Waals surface area contributed by atoms with Crippen LogP contribution in [0.25, 0.3) is 11.1 Å². The molecule has 1 amide bonds. The fraction of sp³-hybridized carbons (Fsp3) is 0.0526.